The number of para-hydroxylation sites is 1. The molecule has 0 bridgehead atoms. The average molecular weight is 518 g/mol. The molecule has 0 amide bonds. The molecule has 0 aliphatic heterocycles. The van der Waals surface area contributed by atoms with Gasteiger partial charge in [0.25, 0.3) is 0 Å². The molecule has 0 spiro atoms. The summed E-state index contributed by atoms with van der Waals surface area (Å²) in [5.74, 6) is 0.814. The lowest BCUT2D eigenvalue weighted by atomic mass is 10.1. The summed E-state index contributed by atoms with van der Waals surface area (Å²) in [4.78, 5) is 8.82. The zero-order chi connectivity index (χ0) is 20.3. The molecule has 0 saturated heterocycles. The monoisotopic (exact) mass is 518 g/mol. The van der Waals surface area contributed by atoms with Crippen LogP contribution in [0.5, 0.6) is 0 Å². The first-order chi connectivity index (χ1) is 14.3. The normalized spacial score (nSPS) is 12.3. The van der Waals surface area contributed by atoms with Gasteiger partial charge >= 0.3 is 0 Å². The Morgan fingerprint density at radius 2 is 1.77 bits per heavy atom. The lowest BCUT2D eigenvalue weighted by Gasteiger charge is -2.15. The van der Waals surface area contributed by atoms with E-state index < -0.39 is 0 Å². The van der Waals surface area contributed by atoms with Crippen molar-refractivity contribution in [3.63, 3.8) is 0 Å². The van der Waals surface area contributed by atoms with Gasteiger partial charge in [0.2, 0.25) is 0 Å². The number of rotatable bonds is 9. The summed E-state index contributed by atoms with van der Waals surface area (Å²) >= 11 is 0. The third-order valence-corrected chi connectivity index (χ3v) is 4.88. The van der Waals surface area contributed by atoms with Crippen LogP contribution < -0.4 is 10.6 Å². The van der Waals surface area contributed by atoms with Crippen LogP contribution in [0, 0.1) is 0 Å². The minimum Gasteiger partial charge on any atom is -0.374 e. The van der Waals surface area contributed by atoms with E-state index in [-0.39, 0.29) is 30.1 Å². The van der Waals surface area contributed by atoms with Gasteiger partial charge in [0, 0.05) is 38.3 Å². The minimum atomic E-state index is 0. The number of hydrogen-bond acceptors (Lipinski definition) is 3. The van der Waals surface area contributed by atoms with Crippen molar-refractivity contribution in [2.24, 2.45) is 4.99 Å². The van der Waals surface area contributed by atoms with Gasteiger partial charge in [0.1, 0.15) is 0 Å². The first kappa shape index (κ1) is 24.1. The van der Waals surface area contributed by atoms with Crippen molar-refractivity contribution >= 4 is 40.8 Å². The maximum Gasteiger partial charge on any atom is 0.190 e. The van der Waals surface area contributed by atoms with Crippen molar-refractivity contribution < 1.29 is 4.74 Å². The summed E-state index contributed by atoms with van der Waals surface area (Å²) < 4.78 is 5.92. The second kappa shape index (κ2) is 13.2. The first-order valence-corrected chi connectivity index (χ1v) is 10.2. The Labute approximate surface area is 196 Å². The van der Waals surface area contributed by atoms with E-state index in [1.165, 1.54) is 16.5 Å². The second-order valence-electron chi connectivity index (χ2n) is 6.95. The van der Waals surface area contributed by atoms with Gasteiger partial charge in [0.15, 0.2) is 5.96 Å². The van der Waals surface area contributed by atoms with E-state index in [1.54, 1.807) is 7.05 Å². The molecule has 5 nitrogen and oxygen atoms in total. The standard InChI is InChI=1S/C24H30N4O.HI/c1-19(20-9-4-3-5-10-20)29-18-8-16-27-24(25-2)28-17-14-22-12-6-11-21-13-7-15-26-23(21)22;/h3-7,9-13,15,19H,8,14,16-18H2,1-2H3,(H2,25,27,28);1H. The zero-order valence-corrected chi connectivity index (χ0v) is 20.0. The third kappa shape index (κ3) is 7.25. The van der Waals surface area contributed by atoms with Crippen LogP contribution in [0.4, 0.5) is 0 Å². The van der Waals surface area contributed by atoms with Crippen LogP contribution in [0.15, 0.2) is 71.9 Å². The van der Waals surface area contributed by atoms with Crippen molar-refractivity contribution in [1.82, 2.24) is 15.6 Å². The van der Waals surface area contributed by atoms with Gasteiger partial charge < -0.3 is 15.4 Å². The van der Waals surface area contributed by atoms with E-state index in [1.807, 2.05) is 30.5 Å². The van der Waals surface area contributed by atoms with Crippen LogP contribution in [0.25, 0.3) is 10.9 Å². The topological polar surface area (TPSA) is 58.5 Å². The highest BCUT2D eigenvalue weighted by atomic mass is 127. The number of hydrogen-bond donors (Lipinski definition) is 2. The molecule has 1 aromatic heterocycles. The lowest BCUT2D eigenvalue weighted by molar-refractivity contribution is 0.0646. The number of aromatic nitrogens is 1. The molecule has 1 atom stereocenters. The van der Waals surface area contributed by atoms with E-state index >= 15 is 0 Å². The van der Waals surface area contributed by atoms with E-state index in [2.05, 4.69) is 63.9 Å². The highest BCUT2D eigenvalue weighted by molar-refractivity contribution is 14.0. The van der Waals surface area contributed by atoms with Gasteiger partial charge in [-0.15, -0.1) is 24.0 Å². The molecule has 0 fully saturated rings. The van der Waals surface area contributed by atoms with Crippen molar-refractivity contribution in [3.8, 4) is 0 Å². The highest BCUT2D eigenvalue weighted by Gasteiger charge is 2.05. The van der Waals surface area contributed by atoms with Crippen molar-refractivity contribution in [2.45, 2.75) is 25.9 Å². The Balaban J connectivity index is 0.00000320. The van der Waals surface area contributed by atoms with Gasteiger partial charge in [0.05, 0.1) is 11.6 Å². The fourth-order valence-corrected chi connectivity index (χ4v) is 3.26. The van der Waals surface area contributed by atoms with Crippen LogP contribution in [-0.4, -0.2) is 37.7 Å². The molecule has 30 heavy (non-hydrogen) atoms. The summed E-state index contributed by atoms with van der Waals surface area (Å²) in [6.45, 7) is 4.42. The molecule has 2 N–H and O–H groups in total. The van der Waals surface area contributed by atoms with Crippen LogP contribution in [-0.2, 0) is 11.2 Å². The van der Waals surface area contributed by atoms with Gasteiger partial charge in [-0.3, -0.25) is 9.98 Å². The van der Waals surface area contributed by atoms with Crippen molar-refractivity contribution in [1.29, 1.82) is 0 Å². The molecule has 0 aliphatic rings. The number of halogens is 1. The van der Waals surface area contributed by atoms with Gasteiger partial charge in [-0.1, -0.05) is 54.6 Å². The number of aliphatic imine (C=N–C) groups is 1. The molecular weight excluding hydrogens is 487 g/mol. The number of guanidine groups is 1. The Bertz CT molecular complexity index is 912. The van der Waals surface area contributed by atoms with Gasteiger partial charge in [-0.05, 0) is 37.0 Å². The quantitative estimate of drug-likeness (QED) is 0.186. The van der Waals surface area contributed by atoms with Crippen LogP contribution in [0.3, 0.4) is 0 Å². The third-order valence-electron chi connectivity index (χ3n) is 4.88. The molecule has 2 aromatic carbocycles. The van der Waals surface area contributed by atoms with Crippen molar-refractivity contribution in [3.05, 3.63) is 78.0 Å². The first-order valence-electron chi connectivity index (χ1n) is 10.2. The van der Waals surface area contributed by atoms with E-state index in [0.29, 0.717) is 6.61 Å². The molecule has 0 saturated carbocycles. The zero-order valence-electron chi connectivity index (χ0n) is 17.7. The fraction of sp³-hybridized carbons (Fsp3) is 0.333. The molecule has 1 heterocycles. The summed E-state index contributed by atoms with van der Waals surface area (Å²) in [6, 6.07) is 20.7. The molecule has 1 unspecified atom stereocenters. The maximum absolute atomic E-state index is 5.92. The van der Waals surface area contributed by atoms with E-state index in [0.717, 1.165) is 37.4 Å². The lowest BCUT2D eigenvalue weighted by Crippen LogP contribution is -2.39. The molecular formula is C24H31IN4O. The summed E-state index contributed by atoms with van der Waals surface area (Å²) in [5.41, 5.74) is 3.53. The Morgan fingerprint density at radius 3 is 2.57 bits per heavy atom. The van der Waals surface area contributed by atoms with Gasteiger partial charge in [-0.25, -0.2) is 0 Å². The van der Waals surface area contributed by atoms with Gasteiger partial charge in [-0.2, -0.15) is 0 Å². The van der Waals surface area contributed by atoms with Crippen molar-refractivity contribution in [2.75, 3.05) is 26.7 Å². The van der Waals surface area contributed by atoms with Crippen LogP contribution in [0.2, 0.25) is 0 Å². The van der Waals surface area contributed by atoms with Crippen LogP contribution >= 0.6 is 24.0 Å². The molecule has 3 rings (SSSR count). The summed E-state index contributed by atoms with van der Waals surface area (Å²) in [5, 5.41) is 7.91. The SMILES string of the molecule is CN=C(NCCCOC(C)c1ccccc1)NCCc1cccc2cccnc12.I. The predicted octanol–water partition coefficient (Wildman–Crippen LogP) is 4.73. The molecule has 3 aromatic rings. The number of fused-ring (bicyclic) bond motifs is 1. The minimum absolute atomic E-state index is 0. The summed E-state index contributed by atoms with van der Waals surface area (Å²) in [7, 11) is 1.79. The smallest absolute Gasteiger partial charge is 0.190 e. The van der Waals surface area contributed by atoms with Crippen LogP contribution in [0.1, 0.15) is 30.6 Å². The largest absolute Gasteiger partial charge is 0.374 e. The Morgan fingerprint density at radius 1 is 1.00 bits per heavy atom. The number of ether oxygens (including phenoxy) is 1. The predicted molar refractivity (Wildman–Crippen MR) is 136 cm³/mol. The van der Waals surface area contributed by atoms with E-state index in [9.17, 15) is 0 Å². The number of benzene rings is 2. The second-order valence-corrected chi connectivity index (χ2v) is 6.95. The molecule has 0 radical (unpaired) electrons. The molecule has 0 aliphatic carbocycles. The Hall–Kier alpha value is -2.19. The number of nitrogens with one attached hydrogen (secondary N) is 2. The maximum atomic E-state index is 5.92. The number of pyridine rings is 1. The molecule has 6 heteroatoms. The molecule has 160 valence electrons. The van der Waals surface area contributed by atoms with E-state index in [4.69, 9.17) is 4.74 Å². The Kier molecular flexibility index (Phi) is 10.6. The highest BCUT2D eigenvalue weighted by Crippen LogP contribution is 2.16. The fourth-order valence-electron chi connectivity index (χ4n) is 3.26. The summed E-state index contributed by atoms with van der Waals surface area (Å²) in [6.07, 6.45) is 3.78. The number of nitrogens with zero attached hydrogens (tertiary/aromatic N) is 2. The average Bonchev–Trinajstić information content (AvgIpc) is 2.78.